The molecule has 0 aliphatic rings. The number of carbonyl (C=O) groups excluding carboxylic acids is 1. The van der Waals surface area contributed by atoms with Gasteiger partial charge in [-0.25, -0.2) is 5.43 Å². The SMILES string of the molecule is O=C(N/N=C/c1ccc(OS(=O)(=O)c2ccccc2)cc1)c1ccc(N=Cc2ccc(OS(=O)(=O)c3ccccc3)cc2)cc1. The highest BCUT2D eigenvalue weighted by Gasteiger charge is 2.16. The fraction of sp³-hybridized carbons (Fsp3) is 0. The minimum Gasteiger partial charge on any atom is -0.379 e. The average Bonchev–Trinajstić information content (AvgIpc) is 3.06. The fourth-order valence-electron chi connectivity index (χ4n) is 3.82. The summed E-state index contributed by atoms with van der Waals surface area (Å²) >= 11 is 0. The molecule has 0 radical (unpaired) electrons. The van der Waals surface area contributed by atoms with Crippen LogP contribution in [-0.2, 0) is 20.2 Å². The van der Waals surface area contributed by atoms with Crippen LogP contribution < -0.4 is 13.8 Å². The molecule has 12 heteroatoms. The van der Waals surface area contributed by atoms with E-state index in [1.165, 1.54) is 54.7 Å². The molecule has 1 amide bonds. The Hall–Kier alpha value is -5.59. The zero-order valence-electron chi connectivity index (χ0n) is 23.4. The lowest BCUT2D eigenvalue weighted by Gasteiger charge is -2.07. The number of nitrogens with zero attached hydrogens (tertiary/aromatic N) is 2. The Morgan fingerprint density at radius 2 is 1.00 bits per heavy atom. The van der Waals surface area contributed by atoms with Crippen molar-refractivity contribution in [3.63, 3.8) is 0 Å². The minimum absolute atomic E-state index is 0.0509. The number of aliphatic imine (C=N–C) groups is 1. The molecule has 0 unspecified atom stereocenters. The number of nitrogens with one attached hydrogen (secondary N) is 1. The molecule has 0 saturated carbocycles. The zero-order chi connectivity index (χ0) is 31.7. The van der Waals surface area contributed by atoms with Crippen molar-refractivity contribution in [2.45, 2.75) is 9.79 Å². The first-order valence-corrected chi connectivity index (χ1v) is 16.2. The topological polar surface area (TPSA) is 141 Å². The predicted molar refractivity (Wildman–Crippen MR) is 170 cm³/mol. The Labute approximate surface area is 260 Å². The van der Waals surface area contributed by atoms with E-state index in [0.717, 1.165) is 0 Å². The van der Waals surface area contributed by atoms with Gasteiger partial charge in [-0.2, -0.15) is 21.9 Å². The van der Waals surface area contributed by atoms with Crippen molar-refractivity contribution in [1.82, 2.24) is 5.43 Å². The van der Waals surface area contributed by atoms with E-state index in [4.69, 9.17) is 8.37 Å². The average molecular weight is 640 g/mol. The van der Waals surface area contributed by atoms with Gasteiger partial charge in [0.05, 0.1) is 11.9 Å². The van der Waals surface area contributed by atoms with Crippen LogP contribution in [0.3, 0.4) is 0 Å². The van der Waals surface area contributed by atoms with Crippen molar-refractivity contribution in [3.8, 4) is 11.5 Å². The molecule has 1 N–H and O–H groups in total. The number of benzene rings is 5. The number of carbonyl (C=O) groups is 1. The molecule has 226 valence electrons. The molecule has 10 nitrogen and oxygen atoms in total. The van der Waals surface area contributed by atoms with Gasteiger partial charge in [-0.1, -0.05) is 36.4 Å². The summed E-state index contributed by atoms with van der Waals surface area (Å²) in [7, 11) is -7.87. The lowest BCUT2D eigenvalue weighted by molar-refractivity contribution is 0.0955. The molecule has 0 saturated heterocycles. The third-order valence-electron chi connectivity index (χ3n) is 6.11. The lowest BCUT2D eigenvalue weighted by Crippen LogP contribution is -2.17. The van der Waals surface area contributed by atoms with Gasteiger partial charge < -0.3 is 8.37 Å². The summed E-state index contributed by atoms with van der Waals surface area (Å²) < 4.78 is 59.8. The third kappa shape index (κ3) is 8.50. The van der Waals surface area contributed by atoms with Crippen molar-refractivity contribution in [3.05, 3.63) is 150 Å². The van der Waals surface area contributed by atoms with Gasteiger partial charge in [0.25, 0.3) is 5.91 Å². The van der Waals surface area contributed by atoms with Gasteiger partial charge in [0.2, 0.25) is 0 Å². The number of hydrogen-bond acceptors (Lipinski definition) is 9. The highest BCUT2D eigenvalue weighted by Crippen LogP contribution is 2.20. The van der Waals surface area contributed by atoms with Gasteiger partial charge in [0.1, 0.15) is 21.3 Å². The van der Waals surface area contributed by atoms with E-state index in [0.29, 0.717) is 22.4 Å². The van der Waals surface area contributed by atoms with Crippen LogP contribution in [0.5, 0.6) is 11.5 Å². The van der Waals surface area contributed by atoms with Crippen molar-refractivity contribution < 1.29 is 30.0 Å². The molecule has 5 aromatic rings. The summed E-state index contributed by atoms with van der Waals surface area (Å²) in [5, 5.41) is 3.95. The molecular weight excluding hydrogens is 615 g/mol. The van der Waals surface area contributed by atoms with E-state index in [-0.39, 0.29) is 21.3 Å². The van der Waals surface area contributed by atoms with E-state index >= 15 is 0 Å². The molecule has 0 fully saturated rings. The van der Waals surface area contributed by atoms with E-state index in [1.807, 2.05) is 0 Å². The van der Waals surface area contributed by atoms with Gasteiger partial charge in [-0.3, -0.25) is 9.79 Å². The van der Waals surface area contributed by atoms with Crippen LogP contribution in [0.15, 0.2) is 153 Å². The predicted octanol–water partition coefficient (Wildman–Crippen LogP) is 5.74. The highest BCUT2D eigenvalue weighted by molar-refractivity contribution is 7.87. The maximum absolute atomic E-state index is 12.5. The normalized spacial score (nSPS) is 11.8. The molecule has 0 spiro atoms. The largest absolute Gasteiger partial charge is 0.379 e. The van der Waals surface area contributed by atoms with E-state index in [1.54, 1.807) is 91.1 Å². The number of hydrazone groups is 1. The van der Waals surface area contributed by atoms with Crippen LogP contribution in [-0.4, -0.2) is 35.2 Å². The molecule has 5 aromatic carbocycles. The van der Waals surface area contributed by atoms with Gasteiger partial charge in [-0.15, -0.1) is 0 Å². The molecule has 0 aliphatic heterocycles. The van der Waals surface area contributed by atoms with Crippen LogP contribution in [0, 0.1) is 0 Å². The second-order valence-electron chi connectivity index (χ2n) is 9.34. The van der Waals surface area contributed by atoms with Gasteiger partial charge in [-0.05, 0) is 108 Å². The molecule has 45 heavy (non-hydrogen) atoms. The lowest BCUT2D eigenvalue weighted by atomic mass is 10.2. The maximum atomic E-state index is 12.5. The summed E-state index contributed by atoms with van der Waals surface area (Å²) in [6.45, 7) is 0. The second-order valence-corrected chi connectivity index (χ2v) is 12.4. The Kier molecular flexibility index (Phi) is 9.46. The maximum Gasteiger partial charge on any atom is 0.339 e. The Balaban J connectivity index is 1.11. The molecule has 5 rings (SSSR count). The number of rotatable bonds is 11. The Morgan fingerprint density at radius 1 is 0.556 bits per heavy atom. The molecule has 0 bridgehead atoms. The van der Waals surface area contributed by atoms with Crippen molar-refractivity contribution in [2.75, 3.05) is 0 Å². The fourth-order valence-corrected chi connectivity index (χ4v) is 5.72. The summed E-state index contributed by atoms with van der Waals surface area (Å²) in [5.74, 6) is -0.116. The van der Waals surface area contributed by atoms with Gasteiger partial charge in [0.15, 0.2) is 0 Å². The van der Waals surface area contributed by atoms with Crippen LogP contribution in [0.25, 0.3) is 0 Å². The van der Waals surface area contributed by atoms with Crippen LogP contribution >= 0.6 is 0 Å². The molecular formula is C33H25N3O7S2. The van der Waals surface area contributed by atoms with E-state index in [9.17, 15) is 21.6 Å². The number of hydrogen-bond donors (Lipinski definition) is 1. The summed E-state index contributed by atoms with van der Waals surface area (Å²) in [4.78, 5) is 17.0. The first kappa shape index (κ1) is 30.9. The standard InChI is InChI=1S/C33H25N3O7S2/c37-33(36-35-24-26-13-21-30(22-14-26)43-45(40,41)32-9-5-2-6-10-32)27-15-17-28(18-16-27)34-23-25-11-19-29(20-12-25)42-44(38,39)31-7-3-1-4-8-31/h1-24H,(H,36,37)/b34-23?,35-24+. The highest BCUT2D eigenvalue weighted by atomic mass is 32.2. The minimum atomic E-state index is -3.94. The molecule has 0 aromatic heterocycles. The summed E-state index contributed by atoms with van der Waals surface area (Å²) in [5.41, 5.74) is 4.73. The van der Waals surface area contributed by atoms with Gasteiger partial charge >= 0.3 is 20.2 Å². The first-order valence-electron chi connectivity index (χ1n) is 13.3. The molecule has 0 heterocycles. The summed E-state index contributed by atoms with van der Waals surface area (Å²) in [6, 6.07) is 34.8. The summed E-state index contributed by atoms with van der Waals surface area (Å²) in [6.07, 6.45) is 3.02. The molecule has 0 aliphatic carbocycles. The second kappa shape index (κ2) is 13.8. The van der Waals surface area contributed by atoms with Crippen LogP contribution in [0.4, 0.5) is 5.69 Å². The Bertz CT molecular complexity index is 2030. The van der Waals surface area contributed by atoms with E-state index in [2.05, 4.69) is 15.5 Å². The van der Waals surface area contributed by atoms with Crippen molar-refractivity contribution in [2.24, 2.45) is 10.1 Å². The van der Waals surface area contributed by atoms with Crippen molar-refractivity contribution in [1.29, 1.82) is 0 Å². The van der Waals surface area contributed by atoms with E-state index < -0.39 is 26.1 Å². The monoisotopic (exact) mass is 639 g/mol. The van der Waals surface area contributed by atoms with Crippen molar-refractivity contribution >= 4 is 44.3 Å². The Morgan fingerprint density at radius 3 is 1.47 bits per heavy atom. The smallest absolute Gasteiger partial charge is 0.339 e. The van der Waals surface area contributed by atoms with Crippen LogP contribution in [0.1, 0.15) is 21.5 Å². The quantitative estimate of drug-likeness (QED) is 0.110. The molecule has 0 atom stereocenters. The number of amides is 1. The van der Waals surface area contributed by atoms with Crippen LogP contribution in [0.2, 0.25) is 0 Å². The first-order chi connectivity index (χ1) is 21.7. The van der Waals surface area contributed by atoms with Gasteiger partial charge in [0, 0.05) is 11.8 Å². The zero-order valence-corrected chi connectivity index (χ0v) is 25.1. The third-order valence-corrected chi connectivity index (χ3v) is 8.63.